The molecule has 0 saturated carbocycles. The van der Waals surface area contributed by atoms with Crippen LogP contribution in [0.25, 0.3) is 10.8 Å². The first-order valence-corrected chi connectivity index (χ1v) is 8.41. The number of benzene rings is 2. The molecule has 2 N–H and O–H groups in total. The van der Waals surface area contributed by atoms with Crippen LogP contribution in [0, 0.1) is 5.82 Å². The van der Waals surface area contributed by atoms with Crippen molar-refractivity contribution in [3.05, 3.63) is 65.2 Å². The molecule has 0 aliphatic carbocycles. The number of pyridine rings is 1. The number of nitrogens with zero attached hydrogens (tertiary/aromatic N) is 1. The van der Waals surface area contributed by atoms with Crippen LogP contribution >= 0.6 is 0 Å². The first-order chi connectivity index (χ1) is 12.7. The number of anilines is 1. The Morgan fingerprint density at radius 2 is 2.15 bits per heavy atom. The molecule has 1 amide bonds. The molecule has 4 rings (SSSR count). The van der Waals surface area contributed by atoms with Gasteiger partial charge in [-0.2, -0.15) is 0 Å². The molecule has 1 aliphatic rings. The van der Waals surface area contributed by atoms with Gasteiger partial charge < -0.3 is 15.4 Å². The van der Waals surface area contributed by atoms with Gasteiger partial charge in [0.25, 0.3) is 5.91 Å². The minimum Gasteiger partial charge on any atom is -0.496 e. The molecule has 0 saturated heterocycles. The maximum absolute atomic E-state index is 14.0. The fourth-order valence-electron chi connectivity index (χ4n) is 3.42. The van der Waals surface area contributed by atoms with Crippen LogP contribution in [0.15, 0.2) is 42.7 Å². The predicted molar refractivity (Wildman–Crippen MR) is 98.1 cm³/mol. The van der Waals surface area contributed by atoms with E-state index in [1.807, 2.05) is 6.07 Å². The van der Waals surface area contributed by atoms with E-state index in [1.54, 1.807) is 31.6 Å². The van der Waals surface area contributed by atoms with Crippen LogP contribution in [-0.2, 0) is 13.0 Å². The molecule has 6 heteroatoms. The standard InChI is InChI=1S/C20H18FN3O2/c1-26-19-3-2-18(17-11-23-7-5-15(17)19)24-20(25)16-9-13(21)8-12-10-22-6-4-14(12)16/h2-3,5,7-9,11,22H,4,6,10H2,1H3,(H,24,25). The predicted octanol–water partition coefficient (Wildman–Crippen LogP) is 3.28. The van der Waals surface area contributed by atoms with Gasteiger partial charge in [0.1, 0.15) is 11.6 Å². The van der Waals surface area contributed by atoms with Gasteiger partial charge in [0.05, 0.1) is 12.8 Å². The lowest BCUT2D eigenvalue weighted by Crippen LogP contribution is -2.27. The number of halogens is 1. The monoisotopic (exact) mass is 351 g/mol. The zero-order valence-corrected chi connectivity index (χ0v) is 14.3. The van der Waals surface area contributed by atoms with Crippen molar-refractivity contribution in [2.24, 2.45) is 0 Å². The largest absolute Gasteiger partial charge is 0.496 e. The average molecular weight is 351 g/mol. The van der Waals surface area contributed by atoms with Gasteiger partial charge in [-0.05, 0) is 54.4 Å². The fraction of sp³-hybridized carbons (Fsp3) is 0.200. The van der Waals surface area contributed by atoms with E-state index in [0.29, 0.717) is 30.0 Å². The van der Waals surface area contributed by atoms with E-state index >= 15 is 0 Å². The third-order valence-corrected chi connectivity index (χ3v) is 4.67. The SMILES string of the molecule is COc1ccc(NC(=O)c2cc(F)cc3c2CCNC3)c2cnccc12. The Labute approximate surface area is 150 Å². The highest BCUT2D eigenvalue weighted by molar-refractivity contribution is 6.10. The lowest BCUT2D eigenvalue weighted by atomic mass is 9.94. The van der Waals surface area contributed by atoms with Gasteiger partial charge in [-0.1, -0.05) is 0 Å². The van der Waals surface area contributed by atoms with E-state index in [-0.39, 0.29) is 5.91 Å². The van der Waals surface area contributed by atoms with Gasteiger partial charge in [-0.25, -0.2) is 4.39 Å². The summed E-state index contributed by atoms with van der Waals surface area (Å²) in [5.74, 6) is -0.0218. The Kier molecular flexibility index (Phi) is 4.26. The van der Waals surface area contributed by atoms with Crippen molar-refractivity contribution in [2.45, 2.75) is 13.0 Å². The van der Waals surface area contributed by atoms with Crippen molar-refractivity contribution >= 4 is 22.4 Å². The van der Waals surface area contributed by atoms with Crippen LogP contribution in [0.2, 0.25) is 0 Å². The number of hydrogen-bond donors (Lipinski definition) is 2. The Bertz CT molecular complexity index is 1000. The number of rotatable bonds is 3. The van der Waals surface area contributed by atoms with Crippen molar-refractivity contribution in [2.75, 3.05) is 19.0 Å². The van der Waals surface area contributed by atoms with Crippen LogP contribution in [0.5, 0.6) is 5.75 Å². The molecule has 0 fully saturated rings. The number of carbonyl (C=O) groups excluding carboxylic acids is 1. The fourth-order valence-corrected chi connectivity index (χ4v) is 3.42. The van der Waals surface area contributed by atoms with Gasteiger partial charge >= 0.3 is 0 Å². The molecule has 1 aliphatic heterocycles. The molecule has 2 heterocycles. The van der Waals surface area contributed by atoms with Crippen molar-refractivity contribution in [3.63, 3.8) is 0 Å². The first-order valence-electron chi connectivity index (χ1n) is 8.41. The summed E-state index contributed by atoms with van der Waals surface area (Å²) in [6, 6.07) is 8.20. The quantitative estimate of drug-likeness (QED) is 0.760. The second-order valence-electron chi connectivity index (χ2n) is 6.21. The molecule has 0 unspecified atom stereocenters. The third-order valence-electron chi connectivity index (χ3n) is 4.67. The first kappa shape index (κ1) is 16.5. The second kappa shape index (κ2) is 6.72. The lowest BCUT2D eigenvalue weighted by molar-refractivity contribution is 0.102. The van der Waals surface area contributed by atoms with Gasteiger partial charge in [0.2, 0.25) is 0 Å². The number of hydrogen-bond acceptors (Lipinski definition) is 4. The van der Waals surface area contributed by atoms with Crippen LogP contribution in [0.1, 0.15) is 21.5 Å². The van der Waals surface area contributed by atoms with Crippen LogP contribution in [-0.4, -0.2) is 24.5 Å². The molecule has 2 aromatic carbocycles. The van der Waals surface area contributed by atoms with E-state index in [0.717, 1.165) is 28.4 Å². The summed E-state index contributed by atoms with van der Waals surface area (Å²) < 4.78 is 19.3. The number of amides is 1. The molecular formula is C20H18FN3O2. The molecule has 3 aromatic rings. The van der Waals surface area contributed by atoms with Crippen molar-refractivity contribution in [1.29, 1.82) is 0 Å². The minimum absolute atomic E-state index is 0.321. The highest BCUT2D eigenvalue weighted by Crippen LogP contribution is 2.31. The summed E-state index contributed by atoms with van der Waals surface area (Å²) in [6.07, 6.45) is 4.05. The van der Waals surface area contributed by atoms with Gasteiger partial charge in [-0.15, -0.1) is 0 Å². The van der Waals surface area contributed by atoms with E-state index in [2.05, 4.69) is 15.6 Å². The van der Waals surface area contributed by atoms with Crippen LogP contribution < -0.4 is 15.4 Å². The molecule has 26 heavy (non-hydrogen) atoms. The van der Waals surface area contributed by atoms with E-state index < -0.39 is 5.82 Å². The maximum atomic E-state index is 14.0. The summed E-state index contributed by atoms with van der Waals surface area (Å²) >= 11 is 0. The normalized spacial score (nSPS) is 13.3. The van der Waals surface area contributed by atoms with Crippen LogP contribution in [0.4, 0.5) is 10.1 Å². The molecule has 5 nitrogen and oxygen atoms in total. The Balaban J connectivity index is 1.74. The number of carbonyl (C=O) groups is 1. The van der Waals surface area contributed by atoms with E-state index in [9.17, 15) is 9.18 Å². The molecule has 0 spiro atoms. The Morgan fingerprint density at radius 3 is 3.00 bits per heavy atom. The van der Waals surface area contributed by atoms with Crippen molar-refractivity contribution < 1.29 is 13.9 Å². The van der Waals surface area contributed by atoms with Crippen LogP contribution in [0.3, 0.4) is 0 Å². The summed E-state index contributed by atoms with van der Waals surface area (Å²) in [5, 5.41) is 7.73. The number of methoxy groups -OCH3 is 1. The lowest BCUT2D eigenvalue weighted by Gasteiger charge is -2.20. The molecule has 0 atom stereocenters. The van der Waals surface area contributed by atoms with Gasteiger partial charge in [0, 0.05) is 35.3 Å². The van der Waals surface area contributed by atoms with E-state index in [1.165, 1.54) is 12.1 Å². The number of ether oxygens (including phenoxy) is 1. The highest BCUT2D eigenvalue weighted by atomic mass is 19.1. The van der Waals surface area contributed by atoms with E-state index in [4.69, 9.17) is 4.74 Å². The summed E-state index contributed by atoms with van der Waals surface area (Å²) in [7, 11) is 1.60. The maximum Gasteiger partial charge on any atom is 0.256 e. The average Bonchev–Trinajstić information content (AvgIpc) is 2.67. The number of nitrogens with one attached hydrogen (secondary N) is 2. The Morgan fingerprint density at radius 1 is 1.27 bits per heavy atom. The van der Waals surface area contributed by atoms with Crippen molar-refractivity contribution in [1.82, 2.24) is 10.3 Å². The molecule has 0 bridgehead atoms. The molecular weight excluding hydrogens is 333 g/mol. The molecule has 0 radical (unpaired) electrons. The van der Waals surface area contributed by atoms with Crippen molar-refractivity contribution in [3.8, 4) is 5.75 Å². The molecule has 132 valence electrons. The third kappa shape index (κ3) is 2.88. The number of fused-ring (bicyclic) bond motifs is 2. The zero-order chi connectivity index (χ0) is 18.1. The zero-order valence-electron chi connectivity index (χ0n) is 14.3. The summed E-state index contributed by atoms with van der Waals surface area (Å²) in [4.78, 5) is 17.0. The second-order valence-corrected chi connectivity index (χ2v) is 6.21. The number of aromatic nitrogens is 1. The Hall–Kier alpha value is -2.99. The summed E-state index contributed by atoms with van der Waals surface area (Å²) in [6.45, 7) is 1.34. The topological polar surface area (TPSA) is 63.2 Å². The summed E-state index contributed by atoms with van der Waals surface area (Å²) in [5.41, 5.74) is 2.74. The highest BCUT2D eigenvalue weighted by Gasteiger charge is 2.20. The minimum atomic E-state index is -0.404. The van der Waals surface area contributed by atoms with Gasteiger partial charge in [-0.3, -0.25) is 9.78 Å². The van der Waals surface area contributed by atoms with Gasteiger partial charge in [0.15, 0.2) is 0 Å². The smallest absolute Gasteiger partial charge is 0.256 e. The molecule has 1 aromatic heterocycles.